The van der Waals surface area contributed by atoms with Gasteiger partial charge in [0.2, 0.25) is 0 Å². The number of carbonyl (C=O) groups is 1. The summed E-state index contributed by atoms with van der Waals surface area (Å²) >= 11 is 0. The van der Waals surface area contributed by atoms with Crippen LogP contribution < -0.4 is 0 Å². The average Bonchev–Trinajstić information content (AvgIpc) is 3.28. The first-order valence-electron chi connectivity index (χ1n) is 11.4. The maximum absolute atomic E-state index is 12.5. The van der Waals surface area contributed by atoms with Crippen LogP contribution in [-0.4, -0.2) is 52.9 Å². The van der Waals surface area contributed by atoms with Gasteiger partial charge in [0.05, 0.1) is 0 Å². The molecule has 0 atom stereocenters. The summed E-state index contributed by atoms with van der Waals surface area (Å²) < 4.78 is 0. The Labute approximate surface area is 198 Å². The number of likely N-dealkylation sites (tertiary alicyclic amines) is 2. The van der Waals surface area contributed by atoms with E-state index in [2.05, 4.69) is 29.2 Å². The number of nitrogens with zero attached hydrogens (tertiary/aromatic N) is 3. The van der Waals surface area contributed by atoms with Crippen molar-refractivity contribution < 1.29 is 4.79 Å². The van der Waals surface area contributed by atoms with E-state index in [4.69, 9.17) is 4.98 Å². The number of halogens is 2. The second-order valence-electron chi connectivity index (χ2n) is 8.94. The van der Waals surface area contributed by atoms with Gasteiger partial charge in [0.15, 0.2) is 0 Å². The Balaban J connectivity index is 0.00000136. The first kappa shape index (κ1) is 24.0. The predicted octanol–water partition coefficient (Wildman–Crippen LogP) is 5.56. The molecule has 3 heterocycles. The summed E-state index contributed by atoms with van der Waals surface area (Å²) in [5.41, 5.74) is 4.28. The van der Waals surface area contributed by atoms with Crippen molar-refractivity contribution in [3.05, 3.63) is 53.9 Å². The van der Waals surface area contributed by atoms with Crippen LogP contribution in [0.1, 0.15) is 66.9 Å². The number of piperidine rings is 1. The molecule has 0 bridgehead atoms. The number of benzene rings is 1. The minimum absolute atomic E-state index is 0. The van der Waals surface area contributed by atoms with Crippen molar-refractivity contribution in [2.45, 2.75) is 56.9 Å². The lowest BCUT2D eigenvalue weighted by Crippen LogP contribution is -2.44. The van der Waals surface area contributed by atoms with Gasteiger partial charge < -0.3 is 9.80 Å². The third-order valence-electron chi connectivity index (χ3n) is 7.18. The molecule has 2 saturated heterocycles. The van der Waals surface area contributed by atoms with Gasteiger partial charge in [-0.1, -0.05) is 24.6 Å². The third kappa shape index (κ3) is 5.24. The summed E-state index contributed by atoms with van der Waals surface area (Å²) in [6.45, 7) is 4.24. The van der Waals surface area contributed by atoms with Crippen LogP contribution in [0.3, 0.4) is 0 Å². The molecule has 0 unspecified atom stereocenters. The summed E-state index contributed by atoms with van der Waals surface area (Å²) in [6.07, 6.45) is 10.9. The van der Waals surface area contributed by atoms with Crippen molar-refractivity contribution in [3.8, 4) is 11.1 Å². The van der Waals surface area contributed by atoms with E-state index >= 15 is 0 Å². The molecule has 1 aromatic carbocycles. The van der Waals surface area contributed by atoms with E-state index in [1.165, 1.54) is 50.9 Å². The molecular weight excluding hydrogens is 429 g/mol. The van der Waals surface area contributed by atoms with Gasteiger partial charge in [-0.05, 0) is 75.4 Å². The summed E-state index contributed by atoms with van der Waals surface area (Å²) in [5.74, 6) is 0.761. The van der Waals surface area contributed by atoms with Crippen molar-refractivity contribution in [1.82, 2.24) is 14.8 Å². The lowest BCUT2D eigenvalue weighted by molar-refractivity contribution is 0.0793. The summed E-state index contributed by atoms with van der Waals surface area (Å²) in [5, 5.41) is 0. The monoisotopic (exact) mass is 461 g/mol. The second-order valence-corrected chi connectivity index (χ2v) is 8.94. The van der Waals surface area contributed by atoms with E-state index in [1.807, 2.05) is 23.2 Å². The van der Waals surface area contributed by atoms with Gasteiger partial charge in [-0.3, -0.25) is 9.78 Å². The maximum Gasteiger partial charge on any atom is 0.253 e. The van der Waals surface area contributed by atoms with Gasteiger partial charge in [-0.25, -0.2) is 0 Å². The molecule has 2 aromatic rings. The minimum Gasteiger partial charge on any atom is -0.339 e. The van der Waals surface area contributed by atoms with Crippen molar-refractivity contribution >= 4 is 30.7 Å². The predicted molar refractivity (Wildman–Crippen MR) is 130 cm³/mol. The minimum atomic E-state index is 0. The highest BCUT2D eigenvalue weighted by Crippen LogP contribution is 2.33. The molecule has 1 amide bonds. The fraction of sp³-hybridized carbons (Fsp3) is 0.520. The molecule has 2 aliphatic heterocycles. The van der Waals surface area contributed by atoms with Crippen LogP contribution >= 0.6 is 24.8 Å². The van der Waals surface area contributed by atoms with Crippen LogP contribution in [0.2, 0.25) is 0 Å². The lowest BCUT2D eigenvalue weighted by Gasteiger charge is -2.41. The molecule has 5 rings (SSSR count). The smallest absolute Gasteiger partial charge is 0.253 e. The van der Waals surface area contributed by atoms with E-state index < -0.39 is 0 Å². The Morgan fingerprint density at radius 1 is 0.774 bits per heavy atom. The van der Waals surface area contributed by atoms with E-state index in [0.29, 0.717) is 5.92 Å². The Bertz CT molecular complexity index is 838. The average molecular weight is 462 g/mol. The van der Waals surface area contributed by atoms with Crippen molar-refractivity contribution in [1.29, 1.82) is 0 Å². The van der Waals surface area contributed by atoms with E-state index in [0.717, 1.165) is 48.7 Å². The zero-order valence-corrected chi connectivity index (χ0v) is 19.7. The number of aromatic nitrogens is 1. The van der Waals surface area contributed by atoms with Gasteiger partial charge in [-0.2, -0.15) is 0 Å². The molecule has 0 N–H and O–H groups in total. The number of amides is 1. The van der Waals surface area contributed by atoms with Gasteiger partial charge in [0, 0.05) is 48.1 Å². The zero-order chi connectivity index (χ0) is 19.6. The number of hydrogen-bond donors (Lipinski definition) is 0. The van der Waals surface area contributed by atoms with E-state index in [9.17, 15) is 4.79 Å². The highest BCUT2D eigenvalue weighted by molar-refractivity contribution is 5.94. The molecule has 1 aromatic heterocycles. The van der Waals surface area contributed by atoms with Crippen LogP contribution in [0.25, 0.3) is 11.1 Å². The SMILES string of the molecule is Cl.Cl.O=C(c1ccc(-c2ccc(C3CCN(C4CCC4)CC3)nc2)cc1)N1CCCC1. The van der Waals surface area contributed by atoms with Crippen molar-refractivity contribution in [2.24, 2.45) is 0 Å². The van der Waals surface area contributed by atoms with Gasteiger partial charge in [0.1, 0.15) is 0 Å². The maximum atomic E-state index is 12.5. The quantitative estimate of drug-likeness (QED) is 0.597. The Hall–Kier alpha value is -1.62. The van der Waals surface area contributed by atoms with Gasteiger partial charge in [0.25, 0.3) is 5.91 Å². The first-order chi connectivity index (χ1) is 14.3. The zero-order valence-electron chi connectivity index (χ0n) is 18.0. The second kappa shape index (κ2) is 10.8. The number of rotatable bonds is 4. The number of hydrogen-bond acceptors (Lipinski definition) is 3. The summed E-state index contributed by atoms with van der Waals surface area (Å²) in [7, 11) is 0. The van der Waals surface area contributed by atoms with E-state index in [1.54, 1.807) is 0 Å². The molecular formula is C25H33Cl2N3O. The van der Waals surface area contributed by atoms with Gasteiger partial charge >= 0.3 is 0 Å². The van der Waals surface area contributed by atoms with Crippen LogP contribution in [-0.2, 0) is 0 Å². The van der Waals surface area contributed by atoms with Crippen LogP contribution in [0.15, 0.2) is 42.6 Å². The highest BCUT2D eigenvalue weighted by atomic mass is 35.5. The normalized spacial score (nSPS) is 19.9. The fourth-order valence-electron chi connectivity index (χ4n) is 5.04. The standard InChI is InChI=1S/C25H31N3O.2ClH/c29-25(28-14-1-2-15-28)21-8-6-19(7-9-21)22-10-11-24(26-18-22)20-12-16-27(17-13-20)23-4-3-5-23;;/h6-11,18,20,23H,1-5,12-17H2;2*1H. The third-order valence-corrected chi connectivity index (χ3v) is 7.18. The highest BCUT2D eigenvalue weighted by Gasteiger charge is 2.29. The molecule has 4 nitrogen and oxygen atoms in total. The summed E-state index contributed by atoms with van der Waals surface area (Å²) in [4.78, 5) is 22.0. The number of carbonyl (C=O) groups excluding carboxylic acids is 1. The molecule has 0 radical (unpaired) electrons. The van der Waals surface area contributed by atoms with E-state index in [-0.39, 0.29) is 30.7 Å². The molecule has 3 fully saturated rings. The molecule has 3 aliphatic rings. The van der Waals surface area contributed by atoms with Crippen LogP contribution in [0, 0.1) is 0 Å². The molecule has 31 heavy (non-hydrogen) atoms. The lowest BCUT2D eigenvalue weighted by atomic mass is 9.86. The van der Waals surface area contributed by atoms with Crippen LogP contribution in [0.4, 0.5) is 0 Å². The Morgan fingerprint density at radius 2 is 1.42 bits per heavy atom. The van der Waals surface area contributed by atoms with Crippen LogP contribution in [0.5, 0.6) is 0 Å². The largest absolute Gasteiger partial charge is 0.339 e. The molecule has 6 heteroatoms. The Kier molecular flexibility index (Phi) is 8.37. The Morgan fingerprint density at radius 3 is 1.97 bits per heavy atom. The summed E-state index contributed by atoms with van der Waals surface area (Å²) in [6, 6.07) is 13.3. The number of pyridine rings is 1. The van der Waals surface area contributed by atoms with Crippen molar-refractivity contribution in [2.75, 3.05) is 26.2 Å². The van der Waals surface area contributed by atoms with Crippen molar-refractivity contribution in [3.63, 3.8) is 0 Å². The molecule has 1 aliphatic carbocycles. The molecule has 0 spiro atoms. The first-order valence-corrected chi connectivity index (χ1v) is 11.4. The van der Waals surface area contributed by atoms with Gasteiger partial charge in [-0.15, -0.1) is 24.8 Å². The fourth-order valence-corrected chi connectivity index (χ4v) is 5.04. The molecule has 168 valence electrons. The topological polar surface area (TPSA) is 36.4 Å². The molecule has 1 saturated carbocycles.